The van der Waals surface area contributed by atoms with Crippen molar-refractivity contribution >= 4 is 17.9 Å². The lowest BCUT2D eigenvalue weighted by Crippen LogP contribution is -2.51. The van der Waals surface area contributed by atoms with Crippen LogP contribution in [-0.4, -0.2) is 93.7 Å². The number of methoxy groups -OCH3 is 3. The number of amides is 2. The first-order valence-electron chi connectivity index (χ1n) is 10.8. The predicted molar refractivity (Wildman–Crippen MR) is 119 cm³/mol. The summed E-state index contributed by atoms with van der Waals surface area (Å²) >= 11 is 0. The van der Waals surface area contributed by atoms with Crippen LogP contribution in [0.25, 0.3) is 6.08 Å². The molecule has 0 atom stereocenters. The first kappa shape index (κ1) is 22.9. The van der Waals surface area contributed by atoms with Crippen molar-refractivity contribution in [2.45, 2.75) is 19.3 Å². The SMILES string of the molecule is COc1cc(/C=C/C(=O)N2CCN(CC(=O)N3CCCCC3)CC2)cc(OC)c1OC. The van der Waals surface area contributed by atoms with E-state index >= 15 is 0 Å². The van der Waals surface area contributed by atoms with Crippen molar-refractivity contribution in [2.75, 3.05) is 67.1 Å². The molecule has 3 rings (SSSR count). The lowest BCUT2D eigenvalue weighted by Gasteiger charge is -2.35. The molecule has 0 radical (unpaired) electrons. The van der Waals surface area contributed by atoms with Gasteiger partial charge in [-0.05, 0) is 43.0 Å². The second-order valence-electron chi connectivity index (χ2n) is 7.83. The molecule has 0 aromatic heterocycles. The smallest absolute Gasteiger partial charge is 0.246 e. The molecule has 8 nitrogen and oxygen atoms in total. The summed E-state index contributed by atoms with van der Waals surface area (Å²) in [6, 6.07) is 3.60. The monoisotopic (exact) mass is 431 g/mol. The minimum Gasteiger partial charge on any atom is -0.493 e. The van der Waals surface area contributed by atoms with Gasteiger partial charge in [0.15, 0.2) is 11.5 Å². The fourth-order valence-electron chi connectivity index (χ4n) is 4.03. The van der Waals surface area contributed by atoms with Crippen molar-refractivity contribution < 1.29 is 23.8 Å². The normalized spacial score (nSPS) is 17.6. The molecule has 8 heteroatoms. The standard InChI is InChI=1S/C23H33N3O5/c1-29-19-15-18(16-20(30-2)23(19)31-3)7-8-21(27)26-13-11-24(12-14-26)17-22(28)25-9-5-4-6-10-25/h7-8,15-16H,4-6,9-14,17H2,1-3H3/b8-7+. The average molecular weight is 432 g/mol. The maximum atomic E-state index is 12.6. The Morgan fingerprint density at radius 3 is 2.00 bits per heavy atom. The first-order chi connectivity index (χ1) is 15.0. The molecular weight excluding hydrogens is 398 g/mol. The van der Waals surface area contributed by atoms with Gasteiger partial charge >= 0.3 is 0 Å². The quantitative estimate of drug-likeness (QED) is 0.614. The number of piperidine rings is 1. The van der Waals surface area contributed by atoms with Gasteiger partial charge in [0.05, 0.1) is 27.9 Å². The number of benzene rings is 1. The van der Waals surface area contributed by atoms with Crippen LogP contribution in [-0.2, 0) is 9.59 Å². The molecule has 1 aromatic rings. The van der Waals surface area contributed by atoms with Crippen molar-refractivity contribution in [1.29, 1.82) is 0 Å². The summed E-state index contributed by atoms with van der Waals surface area (Å²) in [5.74, 6) is 1.77. The van der Waals surface area contributed by atoms with Crippen LogP contribution in [0.3, 0.4) is 0 Å². The van der Waals surface area contributed by atoms with Gasteiger partial charge in [0.2, 0.25) is 17.6 Å². The fourth-order valence-corrected chi connectivity index (χ4v) is 4.03. The van der Waals surface area contributed by atoms with Gasteiger partial charge in [-0.25, -0.2) is 0 Å². The van der Waals surface area contributed by atoms with Crippen LogP contribution >= 0.6 is 0 Å². The van der Waals surface area contributed by atoms with Crippen LogP contribution in [0.4, 0.5) is 0 Å². The Kier molecular flexibility index (Phi) is 8.17. The van der Waals surface area contributed by atoms with Gasteiger partial charge in [0.1, 0.15) is 0 Å². The number of carbonyl (C=O) groups excluding carboxylic acids is 2. The Morgan fingerprint density at radius 2 is 1.45 bits per heavy atom. The van der Waals surface area contributed by atoms with Crippen molar-refractivity contribution in [2.24, 2.45) is 0 Å². The number of rotatable bonds is 7. The Morgan fingerprint density at radius 1 is 0.839 bits per heavy atom. The third-order valence-electron chi connectivity index (χ3n) is 5.86. The summed E-state index contributed by atoms with van der Waals surface area (Å²) in [5.41, 5.74) is 0.786. The molecule has 0 spiro atoms. The van der Waals surface area contributed by atoms with Crippen molar-refractivity contribution in [3.8, 4) is 17.2 Å². The summed E-state index contributed by atoms with van der Waals surface area (Å²) in [6.07, 6.45) is 6.74. The third-order valence-corrected chi connectivity index (χ3v) is 5.86. The molecule has 0 N–H and O–H groups in total. The molecule has 2 aliphatic rings. The van der Waals surface area contributed by atoms with Crippen LogP contribution in [0.1, 0.15) is 24.8 Å². The fraction of sp³-hybridized carbons (Fsp3) is 0.565. The molecule has 2 aliphatic heterocycles. The van der Waals surface area contributed by atoms with Crippen LogP contribution in [0.15, 0.2) is 18.2 Å². The van der Waals surface area contributed by atoms with E-state index in [4.69, 9.17) is 14.2 Å². The number of likely N-dealkylation sites (tertiary alicyclic amines) is 1. The van der Waals surface area contributed by atoms with E-state index in [1.807, 2.05) is 9.80 Å². The number of nitrogens with zero attached hydrogens (tertiary/aromatic N) is 3. The van der Waals surface area contributed by atoms with Crippen molar-refractivity contribution in [1.82, 2.24) is 14.7 Å². The number of hydrogen-bond donors (Lipinski definition) is 0. The lowest BCUT2D eigenvalue weighted by molar-refractivity contribution is -0.134. The summed E-state index contributed by atoms with van der Waals surface area (Å²) in [5, 5.41) is 0. The summed E-state index contributed by atoms with van der Waals surface area (Å²) < 4.78 is 16.0. The van der Waals surface area contributed by atoms with Crippen LogP contribution in [0.5, 0.6) is 17.2 Å². The topological polar surface area (TPSA) is 71.6 Å². The largest absolute Gasteiger partial charge is 0.493 e. The number of hydrogen-bond acceptors (Lipinski definition) is 6. The number of ether oxygens (including phenoxy) is 3. The maximum absolute atomic E-state index is 12.6. The maximum Gasteiger partial charge on any atom is 0.246 e. The van der Waals surface area contributed by atoms with E-state index in [0.717, 1.165) is 31.5 Å². The average Bonchev–Trinajstić information content (AvgIpc) is 2.82. The van der Waals surface area contributed by atoms with Crippen LogP contribution in [0.2, 0.25) is 0 Å². The van der Waals surface area contributed by atoms with E-state index in [2.05, 4.69) is 4.90 Å². The Balaban J connectivity index is 1.53. The predicted octanol–water partition coefficient (Wildman–Crippen LogP) is 1.88. The van der Waals surface area contributed by atoms with Gasteiger partial charge in [0, 0.05) is 45.3 Å². The van der Waals surface area contributed by atoms with E-state index < -0.39 is 0 Å². The highest BCUT2D eigenvalue weighted by Gasteiger charge is 2.24. The molecule has 0 bridgehead atoms. The molecule has 2 amide bonds. The zero-order valence-corrected chi connectivity index (χ0v) is 18.8. The van der Waals surface area contributed by atoms with Crippen molar-refractivity contribution in [3.05, 3.63) is 23.8 Å². The molecule has 0 unspecified atom stereocenters. The highest BCUT2D eigenvalue weighted by atomic mass is 16.5. The minimum atomic E-state index is -0.0456. The van der Waals surface area contributed by atoms with E-state index in [1.165, 1.54) is 6.42 Å². The van der Waals surface area contributed by atoms with Gasteiger partial charge in [0.25, 0.3) is 0 Å². The van der Waals surface area contributed by atoms with Gasteiger partial charge < -0.3 is 24.0 Å². The van der Waals surface area contributed by atoms with E-state index in [1.54, 1.807) is 45.6 Å². The Bertz CT molecular complexity index is 771. The van der Waals surface area contributed by atoms with E-state index in [0.29, 0.717) is 50.0 Å². The van der Waals surface area contributed by atoms with Crippen molar-refractivity contribution in [3.63, 3.8) is 0 Å². The van der Waals surface area contributed by atoms with E-state index in [9.17, 15) is 9.59 Å². The lowest BCUT2D eigenvalue weighted by atomic mass is 10.1. The Labute approximate surface area is 184 Å². The summed E-state index contributed by atoms with van der Waals surface area (Å²) in [4.78, 5) is 31.0. The minimum absolute atomic E-state index is 0.0456. The van der Waals surface area contributed by atoms with Gasteiger partial charge in [-0.15, -0.1) is 0 Å². The summed E-state index contributed by atoms with van der Waals surface area (Å²) in [7, 11) is 4.68. The zero-order valence-electron chi connectivity index (χ0n) is 18.8. The molecule has 31 heavy (non-hydrogen) atoms. The zero-order chi connectivity index (χ0) is 22.2. The van der Waals surface area contributed by atoms with E-state index in [-0.39, 0.29) is 11.8 Å². The first-order valence-corrected chi connectivity index (χ1v) is 10.8. The van der Waals surface area contributed by atoms with Gasteiger partial charge in [-0.2, -0.15) is 0 Å². The molecule has 2 fully saturated rings. The highest BCUT2D eigenvalue weighted by Crippen LogP contribution is 2.38. The second kappa shape index (κ2) is 11.0. The molecule has 1 aromatic carbocycles. The third kappa shape index (κ3) is 5.91. The van der Waals surface area contributed by atoms with Crippen LogP contribution in [0, 0.1) is 0 Å². The highest BCUT2D eigenvalue weighted by molar-refractivity contribution is 5.92. The molecular formula is C23H33N3O5. The van der Waals surface area contributed by atoms with Gasteiger partial charge in [-0.3, -0.25) is 14.5 Å². The molecule has 0 aliphatic carbocycles. The number of piperazine rings is 1. The molecule has 2 heterocycles. The summed E-state index contributed by atoms with van der Waals surface area (Å²) in [6.45, 7) is 4.86. The Hall–Kier alpha value is -2.74. The number of carbonyl (C=O) groups is 2. The van der Waals surface area contributed by atoms with Crippen LogP contribution < -0.4 is 14.2 Å². The molecule has 0 saturated carbocycles. The molecule has 2 saturated heterocycles. The molecule has 170 valence electrons. The van der Waals surface area contributed by atoms with Gasteiger partial charge in [-0.1, -0.05) is 0 Å². The second-order valence-corrected chi connectivity index (χ2v) is 7.83.